The summed E-state index contributed by atoms with van der Waals surface area (Å²) in [6.45, 7) is 0.847. The minimum absolute atomic E-state index is 0.0274. The fourth-order valence-electron chi connectivity index (χ4n) is 3.68. The molecule has 0 aromatic heterocycles. The molecule has 1 spiro atoms. The average molecular weight is 400 g/mol. The summed E-state index contributed by atoms with van der Waals surface area (Å²) in [5, 5.41) is 16.4. The lowest BCUT2D eigenvalue weighted by atomic mass is 9.92. The second-order valence-electron chi connectivity index (χ2n) is 7.50. The van der Waals surface area contributed by atoms with Crippen molar-refractivity contribution in [1.82, 2.24) is 5.32 Å². The van der Waals surface area contributed by atoms with Crippen LogP contribution in [0, 0.1) is 15.5 Å². The van der Waals surface area contributed by atoms with Crippen molar-refractivity contribution in [2.45, 2.75) is 38.3 Å². The number of alkyl halides is 3. The van der Waals surface area contributed by atoms with Gasteiger partial charge < -0.3 is 15.5 Å². The van der Waals surface area contributed by atoms with Gasteiger partial charge in [-0.15, -0.1) is 0 Å². The van der Waals surface area contributed by atoms with Gasteiger partial charge in [-0.25, -0.2) is 0 Å². The van der Waals surface area contributed by atoms with E-state index in [9.17, 15) is 28.1 Å². The summed E-state index contributed by atoms with van der Waals surface area (Å²) in [6.07, 6.45) is -1.18. The smallest absolute Gasteiger partial charge is 0.383 e. The molecule has 2 aliphatic rings. The molecule has 1 heterocycles. The van der Waals surface area contributed by atoms with Gasteiger partial charge in [0, 0.05) is 32.7 Å². The van der Waals surface area contributed by atoms with E-state index in [-0.39, 0.29) is 16.9 Å². The number of carbonyl (C=O) groups is 1. The Morgan fingerprint density at radius 2 is 1.89 bits per heavy atom. The maximum Gasteiger partial charge on any atom is 0.390 e. The number of hydrogen-bond acceptors (Lipinski definition) is 5. The number of carbonyl (C=O) groups excluding carboxylic acids is 1. The molecule has 0 bridgehead atoms. The zero-order valence-corrected chi connectivity index (χ0v) is 15.6. The molecule has 28 heavy (non-hydrogen) atoms. The average Bonchev–Trinajstić information content (AvgIpc) is 3.39. The SMILES string of the molecule is CNc1cc(N2CCC3(CC2)CC3)c(C(=O)NCCC(F)(F)F)cc1[N+](=O)[O-]. The van der Waals surface area contributed by atoms with Crippen molar-refractivity contribution in [1.29, 1.82) is 0 Å². The molecule has 2 N–H and O–H groups in total. The molecule has 2 fully saturated rings. The maximum absolute atomic E-state index is 12.6. The number of piperidine rings is 1. The lowest BCUT2D eigenvalue weighted by Crippen LogP contribution is -2.36. The lowest BCUT2D eigenvalue weighted by molar-refractivity contribution is -0.384. The Kier molecular flexibility index (Phi) is 5.40. The molecule has 154 valence electrons. The monoisotopic (exact) mass is 400 g/mol. The van der Waals surface area contributed by atoms with E-state index in [2.05, 4.69) is 10.6 Å². The molecule has 1 saturated heterocycles. The van der Waals surface area contributed by atoms with Crippen molar-refractivity contribution in [3.05, 3.63) is 27.8 Å². The Hall–Kier alpha value is -2.52. The van der Waals surface area contributed by atoms with E-state index in [1.807, 2.05) is 4.90 Å². The van der Waals surface area contributed by atoms with Crippen molar-refractivity contribution in [2.24, 2.45) is 5.41 Å². The fraction of sp³-hybridized carbons (Fsp3) is 0.611. The Morgan fingerprint density at radius 1 is 1.25 bits per heavy atom. The van der Waals surface area contributed by atoms with Gasteiger partial charge in [0.05, 0.1) is 22.6 Å². The maximum atomic E-state index is 12.6. The molecular weight excluding hydrogens is 377 g/mol. The van der Waals surface area contributed by atoms with Crippen LogP contribution in [0.5, 0.6) is 0 Å². The highest BCUT2D eigenvalue weighted by Crippen LogP contribution is 2.54. The molecular formula is C18H23F3N4O3. The van der Waals surface area contributed by atoms with Crippen LogP contribution in [0.3, 0.4) is 0 Å². The molecule has 1 aromatic rings. The molecule has 0 unspecified atom stereocenters. The van der Waals surface area contributed by atoms with Crippen LogP contribution in [0.25, 0.3) is 0 Å². The van der Waals surface area contributed by atoms with Gasteiger partial charge in [0.15, 0.2) is 0 Å². The van der Waals surface area contributed by atoms with E-state index < -0.39 is 30.0 Å². The van der Waals surface area contributed by atoms with E-state index in [4.69, 9.17) is 0 Å². The van der Waals surface area contributed by atoms with Crippen molar-refractivity contribution < 1.29 is 22.9 Å². The third kappa shape index (κ3) is 4.48. The summed E-state index contributed by atoms with van der Waals surface area (Å²) >= 11 is 0. The minimum Gasteiger partial charge on any atom is -0.383 e. The number of nitrogens with one attached hydrogen (secondary N) is 2. The summed E-state index contributed by atoms with van der Waals surface area (Å²) in [4.78, 5) is 25.3. The van der Waals surface area contributed by atoms with Crippen molar-refractivity contribution in [3.63, 3.8) is 0 Å². The number of nitro groups is 1. The summed E-state index contributed by atoms with van der Waals surface area (Å²) in [6, 6.07) is 2.69. The molecule has 0 atom stereocenters. The van der Waals surface area contributed by atoms with Crippen molar-refractivity contribution in [3.8, 4) is 0 Å². The van der Waals surface area contributed by atoms with E-state index in [0.717, 1.165) is 18.9 Å². The fourth-order valence-corrected chi connectivity index (χ4v) is 3.68. The number of anilines is 2. The van der Waals surface area contributed by atoms with Crippen molar-refractivity contribution >= 4 is 23.0 Å². The number of amides is 1. The predicted octanol–water partition coefficient (Wildman–Crippen LogP) is 3.70. The number of benzene rings is 1. The lowest BCUT2D eigenvalue weighted by Gasteiger charge is -2.35. The first-order chi connectivity index (χ1) is 13.1. The van der Waals surface area contributed by atoms with Crippen LogP contribution in [0.15, 0.2) is 12.1 Å². The van der Waals surface area contributed by atoms with Crippen LogP contribution in [0.2, 0.25) is 0 Å². The van der Waals surface area contributed by atoms with Gasteiger partial charge in [-0.1, -0.05) is 0 Å². The number of nitrogens with zero attached hydrogens (tertiary/aromatic N) is 2. The predicted molar refractivity (Wildman–Crippen MR) is 98.8 cm³/mol. The van der Waals surface area contributed by atoms with Crippen LogP contribution in [-0.2, 0) is 0 Å². The van der Waals surface area contributed by atoms with E-state index in [1.54, 1.807) is 13.1 Å². The summed E-state index contributed by atoms with van der Waals surface area (Å²) in [5.41, 5.74) is 0.911. The van der Waals surface area contributed by atoms with Crippen molar-refractivity contribution in [2.75, 3.05) is 36.9 Å². The van der Waals surface area contributed by atoms with Crippen LogP contribution in [0.4, 0.5) is 30.2 Å². The summed E-state index contributed by atoms with van der Waals surface area (Å²) < 4.78 is 37.1. The van der Waals surface area contributed by atoms with Crippen LogP contribution < -0.4 is 15.5 Å². The first-order valence-corrected chi connectivity index (χ1v) is 9.24. The normalized spacial score (nSPS) is 18.1. The third-order valence-electron chi connectivity index (χ3n) is 5.64. The Bertz CT molecular complexity index is 768. The molecule has 1 aliphatic heterocycles. The second kappa shape index (κ2) is 7.48. The number of halogens is 3. The Labute approximate surface area is 160 Å². The first-order valence-electron chi connectivity index (χ1n) is 9.24. The number of nitro benzene ring substituents is 1. The topological polar surface area (TPSA) is 87.5 Å². The Balaban J connectivity index is 1.87. The highest BCUT2D eigenvalue weighted by molar-refractivity contribution is 6.02. The van der Waals surface area contributed by atoms with Gasteiger partial charge in [0.2, 0.25) is 0 Å². The quantitative estimate of drug-likeness (QED) is 0.562. The number of rotatable bonds is 6. The third-order valence-corrected chi connectivity index (χ3v) is 5.64. The highest BCUT2D eigenvalue weighted by Gasteiger charge is 2.44. The molecule has 1 aromatic carbocycles. The van der Waals surface area contributed by atoms with Gasteiger partial charge in [0.1, 0.15) is 5.69 Å². The van der Waals surface area contributed by atoms with Gasteiger partial charge in [-0.05, 0) is 37.2 Å². The standard InChI is InChI=1S/C18H23F3N4O3/c1-22-13-11-14(24-8-5-17(2-3-17)6-9-24)12(10-15(13)25(27)28)16(26)23-7-4-18(19,20)21/h10-11,22H,2-9H2,1H3,(H,23,26). The molecule has 1 aliphatic carbocycles. The highest BCUT2D eigenvalue weighted by atomic mass is 19.4. The van der Waals surface area contributed by atoms with Crippen LogP contribution in [-0.4, -0.2) is 43.7 Å². The van der Waals surface area contributed by atoms with E-state index >= 15 is 0 Å². The minimum atomic E-state index is -4.39. The number of hydrogen-bond donors (Lipinski definition) is 2. The summed E-state index contributed by atoms with van der Waals surface area (Å²) in [5.74, 6) is -0.739. The van der Waals surface area contributed by atoms with Crippen LogP contribution in [0.1, 0.15) is 42.5 Å². The van der Waals surface area contributed by atoms with Gasteiger partial charge in [-0.3, -0.25) is 14.9 Å². The first kappa shape index (κ1) is 20.2. The molecule has 1 amide bonds. The molecule has 0 radical (unpaired) electrons. The largest absolute Gasteiger partial charge is 0.390 e. The molecule has 10 heteroatoms. The summed E-state index contributed by atoms with van der Waals surface area (Å²) in [7, 11) is 1.55. The zero-order chi connectivity index (χ0) is 20.5. The Morgan fingerprint density at radius 3 is 2.39 bits per heavy atom. The van der Waals surface area contributed by atoms with Crippen LogP contribution >= 0.6 is 0 Å². The molecule has 1 saturated carbocycles. The van der Waals surface area contributed by atoms with Gasteiger partial charge in [0.25, 0.3) is 11.6 Å². The van der Waals surface area contributed by atoms with E-state index in [0.29, 0.717) is 24.2 Å². The van der Waals surface area contributed by atoms with E-state index in [1.165, 1.54) is 12.8 Å². The van der Waals surface area contributed by atoms with Gasteiger partial charge >= 0.3 is 6.18 Å². The second-order valence-corrected chi connectivity index (χ2v) is 7.50. The zero-order valence-electron chi connectivity index (χ0n) is 15.6. The molecule has 7 nitrogen and oxygen atoms in total. The van der Waals surface area contributed by atoms with Gasteiger partial charge in [-0.2, -0.15) is 13.2 Å². The molecule has 3 rings (SSSR count).